The van der Waals surface area contributed by atoms with Crippen LogP contribution >= 0.6 is 11.6 Å². The summed E-state index contributed by atoms with van der Waals surface area (Å²) in [7, 11) is 0. The first-order valence-electron chi connectivity index (χ1n) is 5.65. The zero-order valence-corrected chi connectivity index (χ0v) is 11.4. The number of benzene rings is 1. The molecule has 2 nitrogen and oxygen atoms in total. The summed E-state index contributed by atoms with van der Waals surface area (Å²) in [5, 5.41) is 0.558. The molecule has 0 aliphatic carbocycles. The molecule has 106 valence electrons. The van der Waals surface area contributed by atoms with Gasteiger partial charge in [0.1, 0.15) is 6.61 Å². The predicted octanol–water partition coefficient (Wildman–Crippen LogP) is 4.11. The highest BCUT2D eigenvalue weighted by atomic mass is 35.5. The van der Waals surface area contributed by atoms with E-state index < -0.39 is 12.8 Å². The number of rotatable bonds is 5. The standard InChI is InChI=1S/C13H14ClF3O2/c1-8-6-11(14)9(2)5-10(8)12(18)3-4-19-7-13(15,16)17/h5-6H,3-4,7H2,1-2H3. The van der Waals surface area contributed by atoms with E-state index in [1.165, 1.54) is 0 Å². The molecule has 0 N–H and O–H groups in total. The summed E-state index contributed by atoms with van der Waals surface area (Å²) in [5.74, 6) is -0.251. The molecule has 1 aromatic carbocycles. The van der Waals surface area contributed by atoms with Crippen molar-refractivity contribution in [3.63, 3.8) is 0 Å². The number of carbonyl (C=O) groups excluding carboxylic acids is 1. The monoisotopic (exact) mass is 294 g/mol. The number of aryl methyl sites for hydroxylation is 2. The molecule has 0 saturated heterocycles. The molecule has 0 heterocycles. The van der Waals surface area contributed by atoms with Crippen LogP contribution in [0, 0.1) is 13.8 Å². The van der Waals surface area contributed by atoms with Crippen LogP contribution in [0.3, 0.4) is 0 Å². The summed E-state index contributed by atoms with van der Waals surface area (Å²) in [5.41, 5.74) is 1.93. The molecule has 0 aliphatic heterocycles. The van der Waals surface area contributed by atoms with E-state index in [2.05, 4.69) is 4.74 Å². The number of ether oxygens (including phenoxy) is 1. The second-order valence-electron chi connectivity index (χ2n) is 4.26. The van der Waals surface area contributed by atoms with Gasteiger partial charge in [0.2, 0.25) is 0 Å². The van der Waals surface area contributed by atoms with Crippen molar-refractivity contribution in [2.45, 2.75) is 26.4 Å². The molecule has 0 amide bonds. The number of alkyl halides is 3. The van der Waals surface area contributed by atoms with Crippen molar-refractivity contribution < 1.29 is 22.7 Å². The van der Waals surface area contributed by atoms with Crippen molar-refractivity contribution in [1.29, 1.82) is 0 Å². The SMILES string of the molecule is Cc1cc(C(=O)CCOCC(F)(F)F)c(C)cc1Cl. The van der Waals surface area contributed by atoms with Crippen LogP contribution in [0.2, 0.25) is 5.02 Å². The van der Waals surface area contributed by atoms with E-state index >= 15 is 0 Å². The Morgan fingerprint density at radius 2 is 1.89 bits per heavy atom. The molecule has 0 radical (unpaired) electrons. The summed E-state index contributed by atoms with van der Waals surface area (Å²) in [4.78, 5) is 11.8. The van der Waals surface area contributed by atoms with Gasteiger partial charge < -0.3 is 4.74 Å². The summed E-state index contributed by atoms with van der Waals surface area (Å²) >= 11 is 5.91. The first-order valence-corrected chi connectivity index (χ1v) is 6.03. The molecule has 0 aliphatic rings. The van der Waals surface area contributed by atoms with Crippen LogP contribution in [-0.2, 0) is 4.74 Å². The maximum atomic E-state index is 11.8. The van der Waals surface area contributed by atoms with Crippen molar-refractivity contribution in [2.24, 2.45) is 0 Å². The number of carbonyl (C=O) groups is 1. The van der Waals surface area contributed by atoms with Crippen LogP contribution in [0.5, 0.6) is 0 Å². The van der Waals surface area contributed by atoms with Crippen molar-refractivity contribution in [2.75, 3.05) is 13.2 Å². The number of hydrogen-bond donors (Lipinski definition) is 0. The summed E-state index contributed by atoms with van der Waals surface area (Å²) in [6, 6.07) is 3.31. The van der Waals surface area contributed by atoms with Gasteiger partial charge in [-0.05, 0) is 37.1 Å². The summed E-state index contributed by atoms with van der Waals surface area (Å²) in [6.07, 6.45) is -4.45. The van der Waals surface area contributed by atoms with E-state index in [-0.39, 0.29) is 18.8 Å². The van der Waals surface area contributed by atoms with Gasteiger partial charge in [-0.3, -0.25) is 4.79 Å². The highest BCUT2D eigenvalue weighted by molar-refractivity contribution is 6.31. The molecular weight excluding hydrogens is 281 g/mol. The minimum Gasteiger partial charge on any atom is -0.372 e. The average molecular weight is 295 g/mol. The minimum absolute atomic E-state index is 0.0853. The lowest BCUT2D eigenvalue weighted by atomic mass is 10.0. The maximum absolute atomic E-state index is 11.8. The van der Waals surface area contributed by atoms with E-state index in [1.807, 2.05) is 0 Å². The third-order valence-corrected chi connectivity index (χ3v) is 2.95. The highest BCUT2D eigenvalue weighted by Gasteiger charge is 2.27. The largest absolute Gasteiger partial charge is 0.411 e. The molecule has 0 fully saturated rings. The Morgan fingerprint density at radius 1 is 1.26 bits per heavy atom. The quantitative estimate of drug-likeness (QED) is 0.603. The van der Waals surface area contributed by atoms with Crippen LogP contribution in [0.1, 0.15) is 27.9 Å². The van der Waals surface area contributed by atoms with E-state index in [1.54, 1.807) is 26.0 Å². The topological polar surface area (TPSA) is 26.3 Å². The van der Waals surface area contributed by atoms with Crippen molar-refractivity contribution >= 4 is 17.4 Å². The number of Topliss-reactive ketones (excluding diaryl/α,β-unsaturated/α-hetero) is 1. The Hall–Kier alpha value is -1.07. The van der Waals surface area contributed by atoms with E-state index in [4.69, 9.17) is 11.6 Å². The molecule has 1 aromatic rings. The Kier molecular flexibility index (Phi) is 5.38. The van der Waals surface area contributed by atoms with Gasteiger partial charge in [0, 0.05) is 17.0 Å². The lowest BCUT2D eigenvalue weighted by Gasteiger charge is -2.09. The summed E-state index contributed by atoms with van der Waals surface area (Å²) in [6.45, 7) is 1.91. The molecule has 19 heavy (non-hydrogen) atoms. The van der Waals surface area contributed by atoms with Crippen molar-refractivity contribution in [1.82, 2.24) is 0 Å². The molecular formula is C13H14ClF3O2. The fraction of sp³-hybridized carbons (Fsp3) is 0.462. The lowest BCUT2D eigenvalue weighted by Crippen LogP contribution is -2.18. The minimum atomic E-state index is -4.37. The molecule has 0 bridgehead atoms. The Morgan fingerprint density at radius 3 is 2.47 bits per heavy atom. The zero-order chi connectivity index (χ0) is 14.6. The Balaban J connectivity index is 2.57. The zero-order valence-electron chi connectivity index (χ0n) is 10.6. The van der Waals surface area contributed by atoms with Crippen LogP contribution in [0.4, 0.5) is 13.2 Å². The molecule has 0 atom stereocenters. The van der Waals surface area contributed by atoms with E-state index in [0.717, 1.165) is 5.56 Å². The van der Waals surface area contributed by atoms with Gasteiger partial charge >= 0.3 is 6.18 Å². The average Bonchev–Trinajstić information content (AvgIpc) is 2.28. The normalized spacial score (nSPS) is 11.7. The highest BCUT2D eigenvalue weighted by Crippen LogP contribution is 2.21. The van der Waals surface area contributed by atoms with Crippen LogP contribution in [-0.4, -0.2) is 25.2 Å². The molecule has 0 aromatic heterocycles. The number of halogens is 4. The van der Waals surface area contributed by atoms with Crippen molar-refractivity contribution in [3.05, 3.63) is 33.8 Å². The predicted molar refractivity (Wildman–Crippen MR) is 66.7 cm³/mol. The summed E-state index contributed by atoms with van der Waals surface area (Å²) < 4.78 is 39.9. The van der Waals surface area contributed by atoms with Gasteiger partial charge in [0.05, 0.1) is 6.61 Å². The molecule has 6 heteroatoms. The lowest BCUT2D eigenvalue weighted by molar-refractivity contribution is -0.173. The third-order valence-electron chi connectivity index (χ3n) is 2.55. The van der Waals surface area contributed by atoms with Crippen molar-refractivity contribution in [3.8, 4) is 0 Å². The second-order valence-corrected chi connectivity index (χ2v) is 4.66. The fourth-order valence-electron chi connectivity index (χ4n) is 1.57. The number of ketones is 1. The van der Waals surface area contributed by atoms with Crippen LogP contribution < -0.4 is 0 Å². The maximum Gasteiger partial charge on any atom is 0.411 e. The molecule has 0 spiro atoms. The van der Waals surface area contributed by atoms with Gasteiger partial charge in [-0.25, -0.2) is 0 Å². The molecule has 0 saturated carbocycles. The van der Waals surface area contributed by atoms with Crippen LogP contribution in [0.25, 0.3) is 0 Å². The smallest absolute Gasteiger partial charge is 0.372 e. The van der Waals surface area contributed by atoms with Gasteiger partial charge in [-0.15, -0.1) is 0 Å². The Labute approximate surface area is 114 Å². The van der Waals surface area contributed by atoms with E-state index in [0.29, 0.717) is 16.1 Å². The Bertz CT molecular complexity index is 470. The first-order chi connectivity index (χ1) is 8.70. The van der Waals surface area contributed by atoms with Gasteiger partial charge in [0.15, 0.2) is 5.78 Å². The van der Waals surface area contributed by atoms with Gasteiger partial charge in [-0.1, -0.05) is 11.6 Å². The first kappa shape index (κ1) is 16.0. The van der Waals surface area contributed by atoms with Gasteiger partial charge in [-0.2, -0.15) is 13.2 Å². The van der Waals surface area contributed by atoms with E-state index in [9.17, 15) is 18.0 Å². The fourth-order valence-corrected chi connectivity index (χ4v) is 1.79. The second kappa shape index (κ2) is 6.39. The third kappa shape index (κ3) is 5.20. The van der Waals surface area contributed by atoms with Crippen LogP contribution in [0.15, 0.2) is 12.1 Å². The molecule has 0 unspecified atom stereocenters. The molecule has 1 rings (SSSR count). The van der Waals surface area contributed by atoms with Gasteiger partial charge in [0.25, 0.3) is 0 Å². The number of hydrogen-bond acceptors (Lipinski definition) is 2.